The van der Waals surface area contributed by atoms with Crippen LogP contribution in [-0.4, -0.2) is 29.1 Å². The Bertz CT molecular complexity index is 370. The average molecular weight is 205 g/mol. The van der Waals surface area contributed by atoms with E-state index in [2.05, 4.69) is 11.8 Å². The average Bonchev–Trinajstić information content (AvgIpc) is 2.16. The number of likely N-dealkylation sites (tertiary alicyclic amines) is 1. The van der Waals surface area contributed by atoms with Gasteiger partial charge in [-0.3, -0.25) is 4.90 Å². The number of nitrogens with zero attached hydrogens (tertiary/aromatic N) is 1. The molecule has 3 nitrogen and oxygen atoms in total. The molecule has 2 rings (SSSR count). The fourth-order valence-electron chi connectivity index (χ4n) is 2.02. The summed E-state index contributed by atoms with van der Waals surface area (Å²) in [6.07, 6.45) is 0. The van der Waals surface area contributed by atoms with E-state index in [1.807, 2.05) is 12.1 Å². The maximum atomic E-state index is 10.8. The zero-order chi connectivity index (χ0) is 10.8. The van der Waals surface area contributed by atoms with E-state index < -0.39 is 5.97 Å². The van der Waals surface area contributed by atoms with Crippen LogP contribution in [0.2, 0.25) is 0 Å². The van der Waals surface area contributed by atoms with E-state index in [0.717, 1.165) is 31.1 Å². The lowest BCUT2D eigenvalue weighted by Crippen LogP contribution is -2.44. The van der Waals surface area contributed by atoms with Crippen LogP contribution in [0.3, 0.4) is 0 Å². The van der Waals surface area contributed by atoms with Crippen molar-refractivity contribution in [3.05, 3.63) is 35.4 Å². The molecule has 1 aromatic carbocycles. The van der Waals surface area contributed by atoms with Crippen LogP contribution in [0.4, 0.5) is 0 Å². The molecular formula is C12H15NO2. The summed E-state index contributed by atoms with van der Waals surface area (Å²) in [5, 5.41) is 8.84. The molecule has 1 aliphatic rings. The highest BCUT2D eigenvalue weighted by molar-refractivity contribution is 5.87. The lowest BCUT2D eigenvalue weighted by molar-refractivity contribution is 0.0696. The van der Waals surface area contributed by atoms with Crippen molar-refractivity contribution in [1.29, 1.82) is 0 Å². The second-order valence-electron chi connectivity index (χ2n) is 4.30. The smallest absolute Gasteiger partial charge is 0.335 e. The molecule has 0 unspecified atom stereocenters. The van der Waals surface area contributed by atoms with Crippen LogP contribution < -0.4 is 0 Å². The summed E-state index contributed by atoms with van der Waals surface area (Å²) in [5.41, 5.74) is 1.46. The molecule has 1 N–H and O–H groups in total. The number of carbonyl (C=O) groups is 1. The van der Waals surface area contributed by atoms with Crippen LogP contribution in [0, 0.1) is 5.92 Å². The molecule has 1 fully saturated rings. The summed E-state index contributed by atoms with van der Waals surface area (Å²) in [4.78, 5) is 13.1. The monoisotopic (exact) mass is 205 g/mol. The molecule has 0 saturated carbocycles. The second-order valence-corrected chi connectivity index (χ2v) is 4.30. The van der Waals surface area contributed by atoms with Gasteiger partial charge in [-0.05, 0) is 23.6 Å². The predicted octanol–water partition coefficient (Wildman–Crippen LogP) is 1.84. The second kappa shape index (κ2) is 4.03. The minimum absolute atomic E-state index is 0.376. The third-order valence-electron chi connectivity index (χ3n) is 2.72. The van der Waals surface area contributed by atoms with Gasteiger partial charge in [0.25, 0.3) is 0 Å². The van der Waals surface area contributed by atoms with Gasteiger partial charge in [0.1, 0.15) is 0 Å². The number of aromatic carboxylic acids is 1. The molecule has 1 aromatic rings. The molecule has 3 heteroatoms. The lowest BCUT2D eigenvalue weighted by atomic mass is 10.0. The number of carboxylic acids is 1. The van der Waals surface area contributed by atoms with Crippen LogP contribution in [0.15, 0.2) is 24.3 Å². The van der Waals surface area contributed by atoms with Gasteiger partial charge in [0, 0.05) is 19.6 Å². The van der Waals surface area contributed by atoms with Gasteiger partial charge in [0.05, 0.1) is 5.56 Å². The fourth-order valence-corrected chi connectivity index (χ4v) is 2.02. The Hall–Kier alpha value is -1.35. The number of hydrogen-bond acceptors (Lipinski definition) is 2. The first-order valence-corrected chi connectivity index (χ1v) is 5.20. The van der Waals surface area contributed by atoms with Crippen LogP contribution in [-0.2, 0) is 6.54 Å². The molecule has 0 aromatic heterocycles. The summed E-state index contributed by atoms with van der Waals surface area (Å²) in [5.74, 6) is -0.0681. The predicted molar refractivity (Wildman–Crippen MR) is 57.8 cm³/mol. The largest absolute Gasteiger partial charge is 0.478 e. The minimum Gasteiger partial charge on any atom is -0.478 e. The summed E-state index contributed by atoms with van der Waals surface area (Å²) in [7, 11) is 0. The maximum Gasteiger partial charge on any atom is 0.335 e. The number of benzene rings is 1. The third-order valence-corrected chi connectivity index (χ3v) is 2.72. The zero-order valence-electron chi connectivity index (χ0n) is 8.81. The van der Waals surface area contributed by atoms with Gasteiger partial charge >= 0.3 is 5.97 Å². The van der Waals surface area contributed by atoms with Crippen molar-refractivity contribution in [3.8, 4) is 0 Å². The van der Waals surface area contributed by atoms with Gasteiger partial charge in [0.2, 0.25) is 0 Å². The highest BCUT2D eigenvalue weighted by Gasteiger charge is 2.22. The van der Waals surface area contributed by atoms with Crippen LogP contribution in [0.25, 0.3) is 0 Å². The van der Waals surface area contributed by atoms with Crippen molar-refractivity contribution in [2.45, 2.75) is 13.5 Å². The first kappa shape index (κ1) is 10.2. The molecule has 0 bridgehead atoms. The van der Waals surface area contributed by atoms with Crippen molar-refractivity contribution in [2.24, 2.45) is 5.92 Å². The van der Waals surface area contributed by atoms with E-state index in [-0.39, 0.29) is 0 Å². The highest BCUT2D eigenvalue weighted by atomic mass is 16.4. The van der Waals surface area contributed by atoms with Gasteiger partial charge in [0.15, 0.2) is 0 Å². The maximum absolute atomic E-state index is 10.8. The molecule has 0 atom stereocenters. The minimum atomic E-state index is -0.853. The van der Waals surface area contributed by atoms with E-state index in [1.165, 1.54) is 0 Å². The number of hydrogen-bond donors (Lipinski definition) is 1. The Morgan fingerprint density at radius 3 is 2.87 bits per heavy atom. The van der Waals surface area contributed by atoms with Crippen LogP contribution in [0.5, 0.6) is 0 Å². The van der Waals surface area contributed by atoms with Crippen LogP contribution in [0.1, 0.15) is 22.8 Å². The summed E-state index contributed by atoms with van der Waals surface area (Å²) < 4.78 is 0. The standard InChI is InChI=1S/C12H15NO2/c1-9-6-13(7-9)8-10-3-2-4-11(5-10)12(14)15/h2-5,9H,6-8H2,1H3,(H,14,15). The molecule has 1 saturated heterocycles. The Kier molecular flexibility index (Phi) is 2.73. The quantitative estimate of drug-likeness (QED) is 0.818. The van der Waals surface area contributed by atoms with Gasteiger partial charge in [-0.2, -0.15) is 0 Å². The first-order chi connectivity index (χ1) is 7.15. The number of carboxylic acid groups (broad SMARTS) is 1. The Labute approximate surface area is 89.3 Å². The van der Waals surface area contributed by atoms with Gasteiger partial charge < -0.3 is 5.11 Å². The molecule has 0 aliphatic carbocycles. The molecule has 1 aliphatic heterocycles. The first-order valence-electron chi connectivity index (χ1n) is 5.20. The normalized spacial score (nSPS) is 17.4. The van der Waals surface area contributed by atoms with Crippen LogP contribution >= 0.6 is 0 Å². The molecular weight excluding hydrogens is 190 g/mol. The third kappa shape index (κ3) is 2.36. The Balaban J connectivity index is 2.02. The van der Waals surface area contributed by atoms with Crippen molar-refractivity contribution in [3.63, 3.8) is 0 Å². The molecule has 15 heavy (non-hydrogen) atoms. The molecule has 0 radical (unpaired) electrons. The van der Waals surface area contributed by atoms with Crippen molar-refractivity contribution in [1.82, 2.24) is 4.90 Å². The molecule has 0 spiro atoms. The fraction of sp³-hybridized carbons (Fsp3) is 0.417. The zero-order valence-corrected chi connectivity index (χ0v) is 8.81. The van der Waals surface area contributed by atoms with Gasteiger partial charge in [-0.15, -0.1) is 0 Å². The van der Waals surface area contributed by atoms with Crippen molar-refractivity contribution < 1.29 is 9.90 Å². The van der Waals surface area contributed by atoms with Gasteiger partial charge in [-0.25, -0.2) is 4.79 Å². The van der Waals surface area contributed by atoms with E-state index >= 15 is 0 Å². The van der Waals surface area contributed by atoms with E-state index in [0.29, 0.717) is 5.56 Å². The van der Waals surface area contributed by atoms with Crippen molar-refractivity contribution in [2.75, 3.05) is 13.1 Å². The van der Waals surface area contributed by atoms with E-state index in [1.54, 1.807) is 12.1 Å². The van der Waals surface area contributed by atoms with Crippen molar-refractivity contribution >= 4 is 5.97 Å². The number of rotatable bonds is 3. The molecule has 1 heterocycles. The lowest BCUT2D eigenvalue weighted by Gasteiger charge is -2.37. The SMILES string of the molecule is CC1CN(Cc2cccc(C(=O)O)c2)C1. The topological polar surface area (TPSA) is 40.5 Å². The highest BCUT2D eigenvalue weighted by Crippen LogP contribution is 2.18. The molecule has 0 amide bonds. The molecule has 80 valence electrons. The Morgan fingerprint density at radius 2 is 2.27 bits per heavy atom. The Morgan fingerprint density at radius 1 is 1.53 bits per heavy atom. The summed E-state index contributed by atoms with van der Waals surface area (Å²) in [6, 6.07) is 7.17. The summed E-state index contributed by atoms with van der Waals surface area (Å²) in [6.45, 7) is 5.34. The summed E-state index contributed by atoms with van der Waals surface area (Å²) >= 11 is 0. The van der Waals surface area contributed by atoms with E-state index in [9.17, 15) is 4.79 Å². The van der Waals surface area contributed by atoms with Gasteiger partial charge in [-0.1, -0.05) is 19.1 Å². The van der Waals surface area contributed by atoms with E-state index in [4.69, 9.17) is 5.11 Å².